The van der Waals surface area contributed by atoms with E-state index in [1.165, 1.54) is 0 Å². The molecule has 0 saturated carbocycles. The minimum absolute atomic E-state index is 0.140. The highest BCUT2D eigenvalue weighted by Gasteiger charge is 2.27. The zero-order valence-corrected chi connectivity index (χ0v) is 7.32. The maximum atomic E-state index is 11.4. The molecular formula is C8H13NO4. The van der Waals surface area contributed by atoms with Crippen LogP contribution in [-0.4, -0.2) is 44.7 Å². The third kappa shape index (κ3) is 2.18. The summed E-state index contributed by atoms with van der Waals surface area (Å²) in [5.74, 6) is -0.187. The lowest BCUT2D eigenvalue weighted by Crippen LogP contribution is -2.53. The smallest absolute Gasteiger partial charge is 0.277 e. The van der Waals surface area contributed by atoms with Gasteiger partial charge in [0.25, 0.3) is 5.91 Å². The van der Waals surface area contributed by atoms with Crippen LogP contribution in [0.1, 0.15) is 6.42 Å². The Hall–Kier alpha value is -0.650. The molecule has 74 valence electrons. The minimum atomic E-state index is -0.714. The third-order valence-corrected chi connectivity index (χ3v) is 2.03. The van der Waals surface area contributed by atoms with E-state index >= 15 is 0 Å². The molecule has 0 aliphatic carbocycles. The third-order valence-electron chi connectivity index (χ3n) is 2.03. The van der Waals surface area contributed by atoms with Gasteiger partial charge in [-0.1, -0.05) is 0 Å². The fourth-order valence-electron chi connectivity index (χ4n) is 1.23. The van der Waals surface area contributed by atoms with Crippen molar-refractivity contribution in [2.24, 2.45) is 0 Å². The summed E-state index contributed by atoms with van der Waals surface area (Å²) < 4.78 is 15.2. The van der Waals surface area contributed by atoms with Crippen LogP contribution in [-0.2, 0) is 19.0 Å². The number of amides is 1. The first-order valence-corrected chi connectivity index (χ1v) is 4.47. The molecule has 13 heavy (non-hydrogen) atoms. The van der Waals surface area contributed by atoms with Crippen molar-refractivity contribution in [1.29, 1.82) is 0 Å². The monoisotopic (exact) mass is 187 g/mol. The first-order chi connectivity index (χ1) is 6.36. The Morgan fingerprint density at radius 2 is 1.92 bits per heavy atom. The van der Waals surface area contributed by atoms with E-state index in [2.05, 4.69) is 5.32 Å². The van der Waals surface area contributed by atoms with Crippen LogP contribution >= 0.6 is 0 Å². The molecule has 0 atom stereocenters. The molecular weight excluding hydrogens is 174 g/mol. The van der Waals surface area contributed by atoms with Gasteiger partial charge < -0.3 is 19.5 Å². The van der Waals surface area contributed by atoms with Crippen molar-refractivity contribution < 1.29 is 19.0 Å². The molecule has 2 rings (SSSR count). The second kappa shape index (κ2) is 4.04. The van der Waals surface area contributed by atoms with E-state index in [0.29, 0.717) is 26.4 Å². The molecule has 0 radical (unpaired) electrons. The zero-order chi connectivity index (χ0) is 9.10. The fraction of sp³-hybridized carbons (Fsp3) is 0.875. The number of carbonyl (C=O) groups excluding carboxylic acids is 1. The van der Waals surface area contributed by atoms with Gasteiger partial charge in [0.1, 0.15) is 0 Å². The summed E-state index contributed by atoms with van der Waals surface area (Å²) in [6, 6.07) is 0.140. The van der Waals surface area contributed by atoms with Crippen molar-refractivity contribution in [3.8, 4) is 0 Å². The molecule has 0 bridgehead atoms. The highest BCUT2D eigenvalue weighted by atomic mass is 16.7. The van der Waals surface area contributed by atoms with Gasteiger partial charge in [-0.2, -0.15) is 0 Å². The van der Waals surface area contributed by atoms with Crippen LogP contribution in [0.25, 0.3) is 0 Å². The number of rotatable bonds is 2. The number of ether oxygens (including phenoxy) is 3. The van der Waals surface area contributed by atoms with Gasteiger partial charge >= 0.3 is 0 Å². The quantitative estimate of drug-likeness (QED) is 0.619. The van der Waals surface area contributed by atoms with E-state index < -0.39 is 6.29 Å². The van der Waals surface area contributed by atoms with Gasteiger partial charge in [-0.25, -0.2) is 0 Å². The van der Waals surface area contributed by atoms with E-state index in [1.807, 2.05) is 0 Å². The second-order valence-corrected chi connectivity index (χ2v) is 3.17. The largest absolute Gasteiger partial charge is 0.377 e. The molecule has 1 N–H and O–H groups in total. The molecule has 0 aromatic rings. The molecule has 2 saturated heterocycles. The van der Waals surface area contributed by atoms with Gasteiger partial charge in [-0.05, 0) is 6.42 Å². The first kappa shape index (κ1) is 8.93. The van der Waals surface area contributed by atoms with E-state index in [0.717, 1.165) is 6.42 Å². The molecule has 0 aromatic carbocycles. The summed E-state index contributed by atoms with van der Waals surface area (Å²) in [5, 5.41) is 2.77. The summed E-state index contributed by atoms with van der Waals surface area (Å²) >= 11 is 0. The van der Waals surface area contributed by atoms with Crippen molar-refractivity contribution in [3.63, 3.8) is 0 Å². The van der Waals surface area contributed by atoms with Gasteiger partial charge in [-0.15, -0.1) is 0 Å². The number of nitrogens with one attached hydrogen (secondary N) is 1. The summed E-state index contributed by atoms with van der Waals surface area (Å²) in [5.41, 5.74) is 0. The van der Waals surface area contributed by atoms with Crippen LogP contribution < -0.4 is 5.32 Å². The Kier molecular flexibility index (Phi) is 2.77. The van der Waals surface area contributed by atoms with Crippen LogP contribution in [0.2, 0.25) is 0 Å². The molecule has 0 spiro atoms. The van der Waals surface area contributed by atoms with E-state index in [-0.39, 0.29) is 11.9 Å². The summed E-state index contributed by atoms with van der Waals surface area (Å²) in [6.45, 7) is 2.38. The van der Waals surface area contributed by atoms with Gasteiger partial charge in [-0.3, -0.25) is 4.79 Å². The Balaban J connectivity index is 1.74. The fourth-order valence-corrected chi connectivity index (χ4v) is 1.23. The maximum absolute atomic E-state index is 11.4. The number of hydrogen-bond acceptors (Lipinski definition) is 4. The van der Waals surface area contributed by atoms with Gasteiger partial charge in [0, 0.05) is 0 Å². The summed E-state index contributed by atoms with van der Waals surface area (Å²) in [7, 11) is 0. The Bertz CT molecular complexity index is 187. The molecule has 2 aliphatic heterocycles. The van der Waals surface area contributed by atoms with Crippen molar-refractivity contribution >= 4 is 5.91 Å². The molecule has 2 aliphatic rings. The van der Waals surface area contributed by atoms with Crippen molar-refractivity contribution in [1.82, 2.24) is 5.32 Å². The topological polar surface area (TPSA) is 56.8 Å². The molecule has 1 amide bonds. The summed E-state index contributed by atoms with van der Waals surface area (Å²) in [6.07, 6.45) is 0.144. The second-order valence-electron chi connectivity index (χ2n) is 3.17. The van der Waals surface area contributed by atoms with Crippen molar-refractivity contribution in [2.75, 3.05) is 26.4 Å². The minimum Gasteiger partial charge on any atom is -0.377 e. The SMILES string of the molecule is O=C(NC1COC1)C1OCCCO1. The lowest BCUT2D eigenvalue weighted by molar-refractivity contribution is -0.192. The van der Waals surface area contributed by atoms with Crippen LogP contribution in [0.3, 0.4) is 0 Å². The standard InChI is InChI=1S/C8H13NO4/c10-7(9-6-4-11-5-6)8-12-2-1-3-13-8/h6,8H,1-5H2,(H,9,10). The average Bonchev–Trinajstić information content (AvgIpc) is 2.12. The lowest BCUT2D eigenvalue weighted by atomic mass is 10.2. The highest BCUT2D eigenvalue weighted by molar-refractivity contribution is 5.79. The molecule has 5 nitrogen and oxygen atoms in total. The van der Waals surface area contributed by atoms with E-state index in [1.54, 1.807) is 0 Å². The molecule has 5 heteroatoms. The van der Waals surface area contributed by atoms with Crippen LogP contribution in [0.4, 0.5) is 0 Å². The normalized spacial score (nSPS) is 25.2. The Labute approximate surface area is 76.3 Å². The first-order valence-electron chi connectivity index (χ1n) is 4.47. The Morgan fingerprint density at radius 1 is 1.23 bits per heavy atom. The van der Waals surface area contributed by atoms with E-state index in [9.17, 15) is 4.79 Å². The maximum Gasteiger partial charge on any atom is 0.277 e. The molecule has 0 aromatic heterocycles. The molecule has 2 heterocycles. The van der Waals surface area contributed by atoms with Crippen LogP contribution in [0, 0.1) is 0 Å². The van der Waals surface area contributed by atoms with Gasteiger partial charge in [0.15, 0.2) is 0 Å². The molecule has 2 fully saturated rings. The molecule has 0 unspecified atom stereocenters. The van der Waals surface area contributed by atoms with Crippen molar-refractivity contribution in [2.45, 2.75) is 18.8 Å². The Morgan fingerprint density at radius 3 is 2.46 bits per heavy atom. The van der Waals surface area contributed by atoms with E-state index in [4.69, 9.17) is 14.2 Å². The van der Waals surface area contributed by atoms with Crippen molar-refractivity contribution in [3.05, 3.63) is 0 Å². The number of carbonyl (C=O) groups is 1. The predicted molar refractivity (Wildman–Crippen MR) is 43.1 cm³/mol. The van der Waals surface area contributed by atoms with Gasteiger partial charge in [0.05, 0.1) is 32.5 Å². The van der Waals surface area contributed by atoms with Gasteiger partial charge in [0.2, 0.25) is 6.29 Å². The number of hydrogen-bond donors (Lipinski definition) is 1. The van der Waals surface area contributed by atoms with Crippen LogP contribution in [0.15, 0.2) is 0 Å². The van der Waals surface area contributed by atoms with Crippen LogP contribution in [0.5, 0.6) is 0 Å². The summed E-state index contributed by atoms with van der Waals surface area (Å²) in [4.78, 5) is 11.4. The predicted octanol–water partition coefficient (Wildman–Crippen LogP) is -0.736. The lowest BCUT2D eigenvalue weighted by Gasteiger charge is -2.29. The average molecular weight is 187 g/mol. The highest BCUT2D eigenvalue weighted by Crippen LogP contribution is 2.06. The zero-order valence-electron chi connectivity index (χ0n) is 7.32.